The molecule has 1 saturated heterocycles. The van der Waals surface area contributed by atoms with Crippen molar-refractivity contribution in [3.63, 3.8) is 0 Å². The van der Waals surface area contributed by atoms with Gasteiger partial charge in [0, 0.05) is 31.3 Å². The van der Waals surface area contributed by atoms with Gasteiger partial charge in [0.15, 0.2) is 0 Å². The van der Waals surface area contributed by atoms with Gasteiger partial charge in [0.2, 0.25) is 0 Å². The smallest absolute Gasteiger partial charge is 0.407 e. The molecule has 1 amide bonds. The summed E-state index contributed by atoms with van der Waals surface area (Å²) in [7, 11) is 1.55. The molecule has 0 radical (unpaired) electrons. The zero-order chi connectivity index (χ0) is 10.2. The van der Waals surface area contributed by atoms with Gasteiger partial charge in [-0.15, -0.1) is 0 Å². The van der Waals surface area contributed by atoms with Crippen molar-refractivity contribution < 1.29 is 14.7 Å². The molecular formula is C8H13N3O3. The summed E-state index contributed by atoms with van der Waals surface area (Å²) in [4.78, 5) is 21.0. The molecule has 1 unspecified atom stereocenters. The van der Waals surface area contributed by atoms with E-state index < -0.39 is 6.09 Å². The minimum atomic E-state index is -0.862. The molecule has 0 aliphatic carbocycles. The van der Waals surface area contributed by atoms with Gasteiger partial charge in [-0.3, -0.25) is 4.99 Å². The zero-order valence-corrected chi connectivity index (χ0v) is 7.93. The van der Waals surface area contributed by atoms with Crippen molar-refractivity contribution in [1.29, 1.82) is 0 Å². The number of hydrogen-bond acceptors (Lipinski definition) is 4. The summed E-state index contributed by atoms with van der Waals surface area (Å²) in [6, 6.07) is 0.0306. The molecule has 1 spiro atoms. The van der Waals surface area contributed by atoms with Crippen molar-refractivity contribution in [2.75, 3.05) is 26.7 Å². The normalized spacial score (nSPS) is 28.1. The van der Waals surface area contributed by atoms with E-state index in [1.165, 1.54) is 4.90 Å². The SMILES string of the molecule is CONC1C=NCC12CN(C(=O)O)C2. The lowest BCUT2D eigenvalue weighted by Gasteiger charge is -2.48. The Hall–Kier alpha value is -1.14. The van der Waals surface area contributed by atoms with Crippen LogP contribution in [0, 0.1) is 5.41 Å². The monoisotopic (exact) mass is 199 g/mol. The molecule has 0 aromatic rings. The fourth-order valence-electron chi connectivity index (χ4n) is 2.02. The van der Waals surface area contributed by atoms with Gasteiger partial charge in [-0.25, -0.2) is 4.79 Å². The van der Waals surface area contributed by atoms with Gasteiger partial charge in [0.1, 0.15) is 0 Å². The second-order valence-electron chi connectivity index (χ2n) is 3.79. The van der Waals surface area contributed by atoms with Crippen molar-refractivity contribution in [2.24, 2.45) is 10.4 Å². The average Bonchev–Trinajstić information content (AvgIpc) is 2.45. The van der Waals surface area contributed by atoms with Crippen LogP contribution >= 0.6 is 0 Å². The number of hydrogen-bond donors (Lipinski definition) is 2. The maximum atomic E-state index is 10.6. The molecular weight excluding hydrogens is 186 g/mol. The summed E-state index contributed by atoms with van der Waals surface area (Å²) in [5, 5.41) is 8.73. The third-order valence-corrected chi connectivity index (χ3v) is 2.85. The van der Waals surface area contributed by atoms with E-state index >= 15 is 0 Å². The molecule has 2 rings (SSSR count). The van der Waals surface area contributed by atoms with E-state index in [1.807, 2.05) is 0 Å². The highest BCUT2D eigenvalue weighted by Crippen LogP contribution is 2.36. The second kappa shape index (κ2) is 3.21. The van der Waals surface area contributed by atoms with Crippen LogP contribution in [0.5, 0.6) is 0 Å². The van der Waals surface area contributed by atoms with E-state index in [0.717, 1.165) is 0 Å². The number of nitrogens with one attached hydrogen (secondary N) is 1. The van der Waals surface area contributed by atoms with Crippen LogP contribution in [-0.4, -0.2) is 55.1 Å². The lowest BCUT2D eigenvalue weighted by atomic mass is 9.76. The van der Waals surface area contributed by atoms with Crippen LogP contribution < -0.4 is 5.48 Å². The maximum Gasteiger partial charge on any atom is 0.407 e. The van der Waals surface area contributed by atoms with E-state index in [2.05, 4.69) is 10.5 Å². The van der Waals surface area contributed by atoms with Crippen molar-refractivity contribution in [1.82, 2.24) is 10.4 Å². The highest BCUT2D eigenvalue weighted by atomic mass is 16.6. The Labute approximate surface area is 81.5 Å². The molecule has 0 bridgehead atoms. The predicted octanol–water partition coefficient (Wildman–Crippen LogP) is -0.430. The van der Waals surface area contributed by atoms with Crippen LogP contribution in [0.25, 0.3) is 0 Å². The largest absolute Gasteiger partial charge is 0.465 e. The third kappa shape index (κ3) is 1.27. The third-order valence-electron chi connectivity index (χ3n) is 2.85. The Morgan fingerprint density at radius 3 is 3.07 bits per heavy atom. The second-order valence-corrected chi connectivity index (χ2v) is 3.79. The maximum absolute atomic E-state index is 10.6. The van der Waals surface area contributed by atoms with Crippen molar-refractivity contribution >= 4 is 12.3 Å². The first-order valence-corrected chi connectivity index (χ1v) is 4.44. The van der Waals surface area contributed by atoms with E-state index in [4.69, 9.17) is 9.94 Å². The summed E-state index contributed by atoms with van der Waals surface area (Å²) >= 11 is 0. The Kier molecular flexibility index (Phi) is 2.16. The van der Waals surface area contributed by atoms with E-state index in [-0.39, 0.29) is 11.5 Å². The van der Waals surface area contributed by atoms with Crippen molar-refractivity contribution in [3.05, 3.63) is 0 Å². The Morgan fingerprint density at radius 2 is 2.50 bits per heavy atom. The molecule has 6 heteroatoms. The molecule has 6 nitrogen and oxygen atoms in total. The predicted molar refractivity (Wildman–Crippen MR) is 49.3 cm³/mol. The lowest BCUT2D eigenvalue weighted by molar-refractivity contribution is -0.0316. The highest BCUT2D eigenvalue weighted by Gasteiger charge is 2.52. The van der Waals surface area contributed by atoms with Crippen LogP contribution in [0.4, 0.5) is 4.79 Å². The number of rotatable bonds is 2. The molecule has 0 aromatic carbocycles. The molecule has 2 aliphatic rings. The number of hydroxylamine groups is 1. The van der Waals surface area contributed by atoms with Gasteiger partial charge in [-0.1, -0.05) is 0 Å². The molecule has 1 atom stereocenters. The van der Waals surface area contributed by atoms with Crippen molar-refractivity contribution in [3.8, 4) is 0 Å². The minimum absolute atomic E-state index is 0.0306. The van der Waals surface area contributed by atoms with Crippen LogP contribution in [0.2, 0.25) is 0 Å². The number of carbonyl (C=O) groups is 1. The van der Waals surface area contributed by atoms with Crippen molar-refractivity contribution in [2.45, 2.75) is 6.04 Å². The van der Waals surface area contributed by atoms with E-state index in [9.17, 15) is 4.79 Å². The molecule has 2 N–H and O–H groups in total. The molecule has 14 heavy (non-hydrogen) atoms. The van der Waals surface area contributed by atoms with E-state index in [0.29, 0.717) is 19.6 Å². The van der Waals surface area contributed by atoms with Gasteiger partial charge < -0.3 is 14.8 Å². The summed E-state index contributed by atoms with van der Waals surface area (Å²) in [6.45, 7) is 1.74. The number of nitrogens with zero attached hydrogens (tertiary/aromatic N) is 2. The van der Waals surface area contributed by atoms with Gasteiger partial charge in [-0.05, 0) is 0 Å². The Bertz CT molecular complexity index is 273. The molecule has 0 saturated carbocycles. The first kappa shape index (κ1) is 9.42. The number of aliphatic imine (C=N–C) groups is 1. The molecule has 2 heterocycles. The van der Waals surface area contributed by atoms with Gasteiger partial charge in [-0.2, -0.15) is 5.48 Å². The van der Waals surface area contributed by atoms with Crippen LogP contribution in [0.15, 0.2) is 4.99 Å². The lowest BCUT2D eigenvalue weighted by Crippen LogP contribution is -2.66. The number of amides is 1. The van der Waals surface area contributed by atoms with Crippen LogP contribution in [0.1, 0.15) is 0 Å². The molecule has 78 valence electrons. The molecule has 2 aliphatic heterocycles. The first-order chi connectivity index (χ1) is 6.68. The standard InChI is InChI=1S/C8H13N3O3/c1-14-10-6-2-9-3-8(6)4-11(5-8)7(12)13/h2,6,10H,3-5H2,1H3,(H,12,13). The topological polar surface area (TPSA) is 74.2 Å². The summed E-state index contributed by atoms with van der Waals surface area (Å²) in [5.41, 5.74) is 2.75. The van der Waals surface area contributed by atoms with Crippen LogP contribution in [0.3, 0.4) is 0 Å². The zero-order valence-electron chi connectivity index (χ0n) is 7.93. The summed E-state index contributed by atoms with van der Waals surface area (Å²) in [5.74, 6) is 0. The summed E-state index contributed by atoms with van der Waals surface area (Å²) in [6.07, 6.45) is 0.932. The fourth-order valence-corrected chi connectivity index (χ4v) is 2.02. The average molecular weight is 199 g/mol. The fraction of sp³-hybridized carbons (Fsp3) is 0.750. The minimum Gasteiger partial charge on any atom is -0.465 e. The quantitative estimate of drug-likeness (QED) is 0.592. The summed E-state index contributed by atoms with van der Waals surface area (Å²) < 4.78 is 0. The van der Waals surface area contributed by atoms with E-state index in [1.54, 1.807) is 13.3 Å². The molecule has 1 fully saturated rings. The Balaban J connectivity index is 1.96. The van der Waals surface area contributed by atoms with Gasteiger partial charge in [0.05, 0.1) is 13.2 Å². The number of likely N-dealkylation sites (tertiary alicyclic amines) is 1. The first-order valence-electron chi connectivity index (χ1n) is 4.44. The van der Waals surface area contributed by atoms with Gasteiger partial charge in [0.25, 0.3) is 0 Å². The van der Waals surface area contributed by atoms with Crippen LogP contribution in [-0.2, 0) is 4.84 Å². The highest BCUT2D eigenvalue weighted by molar-refractivity contribution is 5.72. The van der Waals surface area contributed by atoms with Gasteiger partial charge >= 0.3 is 6.09 Å². The Morgan fingerprint density at radius 1 is 1.79 bits per heavy atom. The number of carboxylic acid groups (broad SMARTS) is 1. The molecule has 0 aromatic heterocycles.